The minimum absolute atomic E-state index is 0.187. The molecule has 0 aromatic rings. The Morgan fingerprint density at radius 2 is 2.38 bits per heavy atom. The number of nitriles is 1. The fourth-order valence-corrected chi connectivity index (χ4v) is 0.585. The summed E-state index contributed by atoms with van der Waals surface area (Å²) in [6.45, 7) is 0. The Morgan fingerprint density at radius 3 is 2.75 bits per heavy atom. The first kappa shape index (κ1) is 7.74. The lowest BCUT2D eigenvalue weighted by Gasteiger charge is -1.99. The van der Waals surface area contributed by atoms with Gasteiger partial charge in [-0.15, -0.1) is 11.6 Å². The lowest BCUT2D eigenvalue weighted by atomic mass is 10.2. The predicted molar refractivity (Wildman–Crippen MR) is 31.6 cm³/mol. The summed E-state index contributed by atoms with van der Waals surface area (Å²) in [5, 5.41) is 16.8. The molecular weight excluding hydrogens is 126 g/mol. The van der Waals surface area contributed by atoms with Crippen LogP contribution in [0.2, 0.25) is 0 Å². The Balaban J connectivity index is 3.08. The summed E-state index contributed by atoms with van der Waals surface area (Å²) in [6, 6.07) is 1.84. The lowest BCUT2D eigenvalue weighted by molar-refractivity contribution is 0.176. The van der Waals surface area contributed by atoms with Crippen LogP contribution in [0.5, 0.6) is 0 Å². The molecule has 0 saturated heterocycles. The number of aliphatic hydroxyl groups excluding tert-OH is 1. The maximum Gasteiger partial charge on any atom is 0.0681 e. The van der Waals surface area contributed by atoms with Gasteiger partial charge in [-0.3, -0.25) is 0 Å². The molecule has 2 nitrogen and oxygen atoms in total. The zero-order valence-corrected chi connectivity index (χ0v) is 5.23. The number of hydrogen-bond donors (Lipinski definition) is 1. The summed E-state index contributed by atoms with van der Waals surface area (Å²) in [7, 11) is 0. The summed E-state index contributed by atoms with van der Waals surface area (Å²) >= 11 is 5.26. The lowest BCUT2D eigenvalue weighted by Crippen LogP contribution is -2.04. The van der Waals surface area contributed by atoms with Gasteiger partial charge in [-0.25, -0.2) is 0 Å². The third-order valence-electron chi connectivity index (χ3n) is 0.769. The molecule has 46 valence electrons. The summed E-state index contributed by atoms with van der Waals surface area (Å²) in [5.74, 6) is 0.419. The van der Waals surface area contributed by atoms with Crippen molar-refractivity contribution in [2.24, 2.45) is 0 Å². The van der Waals surface area contributed by atoms with Gasteiger partial charge in [-0.1, -0.05) is 0 Å². The summed E-state index contributed by atoms with van der Waals surface area (Å²) in [5.41, 5.74) is 0. The zero-order chi connectivity index (χ0) is 6.41. The van der Waals surface area contributed by atoms with Crippen molar-refractivity contribution in [3.63, 3.8) is 0 Å². The van der Waals surface area contributed by atoms with Gasteiger partial charge in [0.25, 0.3) is 0 Å². The number of aliphatic hydroxyl groups is 1. The van der Waals surface area contributed by atoms with Crippen molar-refractivity contribution in [3.8, 4) is 6.07 Å². The summed E-state index contributed by atoms with van der Waals surface area (Å²) in [4.78, 5) is 0. The van der Waals surface area contributed by atoms with E-state index in [-0.39, 0.29) is 6.42 Å². The van der Waals surface area contributed by atoms with E-state index in [2.05, 4.69) is 0 Å². The molecule has 0 aliphatic heterocycles. The second-order valence-corrected chi connectivity index (χ2v) is 1.87. The number of rotatable bonds is 3. The molecule has 0 aliphatic rings. The highest BCUT2D eigenvalue weighted by Gasteiger charge is 1.99. The molecular formula is C5H8ClNO. The van der Waals surface area contributed by atoms with E-state index in [4.69, 9.17) is 22.0 Å². The van der Waals surface area contributed by atoms with Crippen LogP contribution in [0, 0.1) is 11.3 Å². The quantitative estimate of drug-likeness (QED) is 0.581. The third kappa shape index (κ3) is 3.91. The number of halogens is 1. The molecule has 0 radical (unpaired) electrons. The Morgan fingerprint density at radius 1 is 1.75 bits per heavy atom. The Bertz CT molecular complexity index is 88.9. The van der Waals surface area contributed by atoms with Crippen LogP contribution in [0.1, 0.15) is 12.8 Å². The van der Waals surface area contributed by atoms with Crippen LogP contribution in [0.15, 0.2) is 0 Å². The number of hydrogen-bond acceptors (Lipinski definition) is 2. The van der Waals surface area contributed by atoms with Crippen molar-refractivity contribution in [1.29, 1.82) is 5.26 Å². The summed E-state index contributed by atoms with van der Waals surface area (Å²) < 4.78 is 0. The molecule has 0 amide bonds. The van der Waals surface area contributed by atoms with Crippen molar-refractivity contribution in [2.45, 2.75) is 18.9 Å². The van der Waals surface area contributed by atoms with E-state index in [1.807, 2.05) is 6.07 Å². The molecule has 0 spiro atoms. The topological polar surface area (TPSA) is 44.0 Å². The average molecular weight is 134 g/mol. The van der Waals surface area contributed by atoms with Crippen LogP contribution in [0.25, 0.3) is 0 Å². The third-order valence-corrected chi connectivity index (χ3v) is 0.987. The highest BCUT2D eigenvalue weighted by molar-refractivity contribution is 6.17. The molecule has 0 heterocycles. The fraction of sp³-hybridized carbons (Fsp3) is 0.800. The second-order valence-electron chi connectivity index (χ2n) is 1.49. The van der Waals surface area contributed by atoms with Gasteiger partial charge in [-0.05, 0) is 6.42 Å². The molecule has 3 heteroatoms. The van der Waals surface area contributed by atoms with Crippen LogP contribution in [0.3, 0.4) is 0 Å². The molecule has 0 rings (SSSR count). The number of nitrogens with zero attached hydrogens (tertiary/aromatic N) is 1. The van der Waals surface area contributed by atoms with Gasteiger partial charge < -0.3 is 5.11 Å². The van der Waals surface area contributed by atoms with Crippen LogP contribution >= 0.6 is 11.6 Å². The molecule has 1 unspecified atom stereocenters. The van der Waals surface area contributed by atoms with Gasteiger partial charge in [0, 0.05) is 5.88 Å². The molecule has 0 aromatic carbocycles. The minimum atomic E-state index is -0.530. The second kappa shape index (κ2) is 4.89. The molecule has 0 fully saturated rings. The maximum atomic E-state index is 8.74. The van der Waals surface area contributed by atoms with Crippen LogP contribution in [0.4, 0.5) is 0 Å². The number of alkyl halides is 1. The summed E-state index contributed by atoms with van der Waals surface area (Å²) in [6.07, 6.45) is 0.166. The van der Waals surface area contributed by atoms with Gasteiger partial charge in [0.1, 0.15) is 0 Å². The van der Waals surface area contributed by atoms with E-state index in [9.17, 15) is 0 Å². The Hall–Kier alpha value is -0.260. The van der Waals surface area contributed by atoms with Crippen LogP contribution in [-0.4, -0.2) is 17.1 Å². The zero-order valence-electron chi connectivity index (χ0n) is 4.47. The molecule has 0 aromatic heterocycles. The van der Waals surface area contributed by atoms with E-state index >= 15 is 0 Å². The SMILES string of the molecule is N#CCC(O)CCCl. The van der Waals surface area contributed by atoms with E-state index in [0.29, 0.717) is 12.3 Å². The first-order valence-corrected chi connectivity index (χ1v) is 2.95. The van der Waals surface area contributed by atoms with Gasteiger partial charge in [0.05, 0.1) is 18.6 Å². The first-order valence-electron chi connectivity index (χ1n) is 2.42. The van der Waals surface area contributed by atoms with Crippen molar-refractivity contribution < 1.29 is 5.11 Å². The molecule has 0 aliphatic carbocycles. The van der Waals surface area contributed by atoms with Crippen LogP contribution < -0.4 is 0 Å². The minimum Gasteiger partial charge on any atom is -0.392 e. The average Bonchev–Trinajstić information content (AvgIpc) is 1.68. The van der Waals surface area contributed by atoms with E-state index in [0.717, 1.165) is 0 Å². The van der Waals surface area contributed by atoms with Gasteiger partial charge in [0.2, 0.25) is 0 Å². The van der Waals surface area contributed by atoms with E-state index < -0.39 is 6.10 Å². The highest BCUT2D eigenvalue weighted by Crippen LogP contribution is 1.96. The Labute approximate surface area is 53.7 Å². The van der Waals surface area contributed by atoms with Gasteiger partial charge in [-0.2, -0.15) is 5.26 Å². The highest BCUT2D eigenvalue weighted by atomic mass is 35.5. The van der Waals surface area contributed by atoms with E-state index in [1.54, 1.807) is 0 Å². The first-order chi connectivity index (χ1) is 3.81. The monoisotopic (exact) mass is 133 g/mol. The maximum absolute atomic E-state index is 8.74. The molecule has 0 bridgehead atoms. The van der Waals surface area contributed by atoms with Crippen LogP contribution in [-0.2, 0) is 0 Å². The normalized spacial score (nSPS) is 12.6. The smallest absolute Gasteiger partial charge is 0.0681 e. The van der Waals surface area contributed by atoms with Crippen molar-refractivity contribution in [3.05, 3.63) is 0 Å². The Kier molecular flexibility index (Phi) is 4.73. The molecule has 1 atom stereocenters. The predicted octanol–water partition coefficient (Wildman–Crippen LogP) is 0.890. The fourth-order valence-electron chi connectivity index (χ4n) is 0.333. The largest absolute Gasteiger partial charge is 0.392 e. The molecule has 1 N–H and O–H groups in total. The molecule has 0 saturated carbocycles. The van der Waals surface area contributed by atoms with Crippen molar-refractivity contribution >= 4 is 11.6 Å². The van der Waals surface area contributed by atoms with Crippen molar-refractivity contribution in [1.82, 2.24) is 0 Å². The van der Waals surface area contributed by atoms with Gasteiger partial charge in [0.15, 0.2) is 0 Å². The van der Waals surface area contributed by atoms with Crippen molar-refractivity contribution in [2.75, 3.05) is 5.88 Å². The standard InChI is InChI=1S/C5H8ClNO/c6-3-1-5(8)2-4-7/h5,8H,1-3H2. The molecule has 8 heavy (non-hydrogen) atoms. The van der Waals surface area contributed by atoms with E-state index in [1.165, 1.54) is 0 Å². The van der Waals surface area contributed by atoms with Gasteiger partial charge >= 0.3 is 0 Å².